The van der Waals surface area contributed by atoms with E-state index in [9.17, 15) is 15.0 Å². The summed E-state index contributed by atoms with van der Waals surface area (Å²) < 4.78 is 6.49. The monoisotopic (exact) mass is 305 g/mol. The second-order valence-electron chi connectivity index (χ2n) is 4.56. The van der Waals surface area contributed by atoms with Crippen LogP contribution < -0.4 is 11.4 Å². The first-order chi connectivity index (χ1) is 9.47. The standard InChI is InChI=1S/C11H16ClN3O5/c12-2-7(18)5-3-15(11(19)14-10(5)13)9-1-6(17)8(4-16)20-9/h3,6-9,16-18H,1-2,4H2,(H2,13,14,19)/t6-,7-,8-,9-/m1/s1. The number of alkyl halides is 1. The van der Waals surface area contributed by atoms with E-state index < -0.39 is 30.2 Å². The third kappa shape index (κ3) is 2.79. The van der Waals surface area contributed by atoms with E-state index >= 15 is 0 Å². The third-order valence-corrected chi connectivity index (χ3v) is 3.50. The van der Waals surface area contributed by atoms with Gasteiger partial charge in [0.1, 0.15) is 18.1 Å². The van der Waals surface area contributed by atoms with Crippen molar-refractivity contribution in [2.45, 2.75) is 31.0 Å². The third-order valence-electron chi connectivity index (χ3n) is 3.21. The fraction of sp³-hybridized carbons (Fsp3) is 0.636. The summed E-state index contributed by atoms with van der Waals surface area (Å²) in [6.45, 7) is -0.355. The first-order valence-electron chi connectivity index (χ1n) is 6.04. The highest BCUT2D eigenvalue weighted by atomic mass is 35.5. The van der Waals surface area contributed by atoms with E-state index in [1.807, 2.05) is 0 Å². The molecule has 0 aromatic carbocycles. The fourth-order valence-electron chi connectivity index (χ4n) is 2.09. The number of ether oxygens (including phenoxy) is 1. The molecule has 8 nitrogen and oxygen atoms in total. The molecule has 1 saturated heterocycles. The Hall–Kier alpha value is -1.19. The highest BCUT2D eigenvalue weighted by Gasteiger charge is 2.35. The van der Waals surface area contributed by atoms with Gasteiger partial charge in [-0.05, 0) is 0 Å². The molecule has 0 spiro atoms. The number of halogens is 1. The molecule has 5 N–H and O–H groups in total. The highest BCUT2D eigenvalue weighted by molar-refractivity contribution is 6.18. The average Bonchev–Trinajstić information content (AvgIpc) is 2.79. The molecule has 0 aliphatic carbocycles. The number of nitrogens with zero attached hydrogens (tertiary/aromatic N) is 2. The molecule has 1 aliphatic heterocycles. The van der Waals surface area contributed by atoms with Crippen molar-refractivity contribution in [3.05, 3.63) is 22.2 Å². The summed E-state index contributed by atoms with van der Waals surface area (Å²) in [6, 6.07) is 0. The van der Waals surface area contributed by atoms with Gasteiger partial charge in [0.2, 0.25) is 0 Å². The molecule has 112 valence electrons. The Bertz CT molecular complexity index is 537. The van der Waals surface area contributed by atoms with Gasteiger partial charge in [-0.2, -0.15) is 4.98 Å². The Kier molecular flexibility index (Phi) is 4.61. The van der Waals surface area contributed by atoms with Crippen LogP contribution in [0.2, 0.25) is 0 Å². The summed E-state index contributed by atoms with van der Waals surface area (Å²) >= 11 is 5.55. The van der Waals surface area contributed by atoms with Crippen molar-refractivity contribution >= 4 is 17.4 Å². The van der Waals surface area contributed by atoms with Crippen LogP contribution in [0.4, 0.5) is 5.82 Å². The molecule has 0 radical (unpaired) electrons. The second-order valence-corrected chi connectivity index (χ2v) is 4.86. The lowest BCUT2D eigenvalue weighted by atomic mass is 10.2. The van der Waals surface area contributed by atoms with Crippen LogP contribution in [0.3, 0.4) is 0 Å². The predicted octanol–water partition coefficient (Wildman–Crippen LogP) is -1.26. The minimum atomic E-state index is -1.06. The van der Waals surface area contributed by atoms with Crippen molar-refractivity contribution in [3.63, 3.8) is 0 Å². The summed E-state index contributed by atoms with van der Waals surface area (Å²) in [7, 11) is 0. The molecule has 1 aliphatic rings. The predicted molar refractivity (Wildman–Crippen MR) is 70.2 cm³/mol. The van der Waals surface area contributed by atoms with E-state index in [-0.39, 0.29) is 30.3 Å². The number of aliphatic hydroxyl groups excluding tert-OH is 3. The van der Waals surface area contributed by atoms with E-state index in [0.29, 0.717) is 0 Å². The van der Waals surface area contributed by atoms with Gasteiger partial charge in [-0.25, -0.2) is 4.79 Å². The first kappa shape index (κ1) is 15.2. The second kappa shape index (κ2) is 6.06. The van der Waals surface area contributed by atoms with Gasteiger partial charge in [0, 0.05) is 18.2 Å². The topological polar surface area (TPSA) is 131 Å². The summed E-state index contributed by atoms with van der Waals surface area (Å²) in [6.07, 6.45) is -2.02. The van der Waals surface area contributed by atoms with E-state index in [1.165, 1.54) is 6.20 Å². The number of nitrogen functional groups attached to an aromatic ring is 1. The maximum absolute atomic E-state index is 11.8. The van der Waals surface area contributed by atoms with E-state index in [4.69, 9.17) is 27.2 Å². The molecular formula is C11H16ClN3O5. The molecule has 1 aromatic heterocycles. The van der Waals surface area contributed by atoms with Crippen LogP contribution in [-0.4, -0.2) is 49.6 Å². The molecule has 0 saturated carbocycles. The van der Waals surface area contributed by atoms with Crippen molar-refractivity contribution < 1.29 is 20.1 Å². The fourth-order valence-corrected chi connectivity index (χ4v) is 2.26. The molecular weight excluding hydrogens is 290 g/mol. The minimum absolute atomic E-state index is 0.0997. The number of nitrogens with two attached hydrogens (primary N) is 1. The van der Waals surface area contributed by atoms with E-state index in [2.05, 4.69) is 4.98 Å². The Morgan fingerprint density at radius 1 is 1.65 bits per heavy atom. The molecule has 2 heterocycles. The van der Waals surface area contributed by atoms with Crippen LogP contribution in [0.1, 0.15) is 24.3 Å². The quantitative estimate of drug-likeness (QED) is 0.510. The van der Waals surface area contributed by atoms with Crippen LogP contribution in [0.5, 0.6) is 0 Å². The van der Waals surface area contributed by atoms with Crippen molar-refractivity contribution in [1.82, 2.24) is 9.55 Å². The summed E-state index contributed by atoms with van der Waals surface area (Å²) in [4.78, 5) is 15.4. The van der Waals surface area contributed by atoms with Crippen molar-refractivity contribution in [2.75, 3.05) is 18.2 Å². The Balaban J connectivity index is 2.35. The van der Waals surface area contributed by atoms with Crippen LogP contribution in [0.15, 0.2) is 11.0 Å². The zero-order valence-corrected chi connectivity index (χ0v) is 11.3. The number of rotatable bonds is 4. The van der Waals surface area contributed by atoms with Gasteiger partial charge < -0.3 is 25.8 Å². The van der Waals surface area contributed by atoms with E-state index in [1.54, 1.807) is 0 Å². The molecule has 0 bridgehead atoms. The van der Waals surface area contributed by atoms with Crippen LogP contribution >= 0.6 is 11.6 Å². The lowest BCUT2D eigenvalue weighted by Crippen LogP contribution is -2.29. The lowest BCUT2D eigenvalue weighted by molar-refractivity contribution is -0.0460. The van der Waals surface area contributed by atoms with E-state index in [0.717, 1.165) is 4.57 Å². The van der Waals surface area contributed by atoms with Gasteiger partial charge in [0.25, 0.3) is 0 Å². The molecule has 0 amide bonds. The lowest BCUT2D eigenvalue weighted by Gasteiger charge is -2.17. The Morgan fingerprint density at radius 3 is 2.90 bits per heavy atom. The minimum Gasteiger partial charge on any atom is -0.394 e. The number of hydrogen-bond acceptors (Lipinski definition) is 7. The van der Waals surface area contributed by atoms with Crippen LogP contribution in [0.25, 0.3) is 0 Å². The van der Waals surface area contributed by atoms with Crippen molar-refractivity contribution in [2.24, 2.45) is 0 Å². The molecule has 2 rings (SSSR count). The number of aliphatic hydroxyl groups is 3. The van der Waals surface area contributed by atoms with Gasteiger partial charge in [-0.1, -0.05) is 0 Å². The van der Waals surface area contributed by atoms with Crippen LogP contribution in [-0.2, 0) is 4.74 Å². The zero-order valence-electron chi connectivity index (χ0n) is 10.5. The van der Waals surface area contributed by atoms with Gasteiger partial charge in [0.15, 0.2) is 0 Å². The number of hydrogen-bond donors (Lipinski definition) is 4. The molecule has 0 unspecified atom stereocenters. The largest absolute Gasteiger partial charge is 0.394 e. The number of anilines is 1. The van der Waals surface area contributed by atoms with Crippen LogP contribution in [0, 0.1) is 0 Å². The van der Waals surface area contributed by atoms with Crippen molar-refractivity contribution in [3.8, 4) is 0 Å². The van der Waals surface area contributed by atoms with Crippen molar-refractivity contribution in [1.29, 1.82) is 0 Å². The maximum Gasteiger partial charge on any atom is 0.351 e. The molecule has 1 aromatic rings. The SMILES string of the molecule is Nc1nc(=O)n([C@H]2C[C@@H](O)[C@@H](CO)O2)cc1[C@H](O)CCl. The van der Waals surface area contributed by atoms with Gasteiger partial charge in [0.05, 0.1) is 24.7 Å². The average molecular weight is 306 g/mol. The summed E-state index contributed by atoms with van der Waals surface area (Å²) in [5, 5.41) is 28.4. The smallest absolute Gasteiger partial charge is 0.351 e. The molecule has 4 atom stereocenters. The maximum atomic E-state index is 11.8. The molecule has 9 heteroatoms. The summed E-state index contributed by atoms with van der Waals surface area (Å²) in [5.74, 6) is -0.200. The molecule has 1 fully saturated rings. The Morgan fingerprint density at radius 2 is 2.35 bits per heavy atom. The molecule has 20 heavy (non-hydrogen) atoms. The normalized spacial score (nSPS) is 27.7. The zero-order chi connectivity index (χ0) is 14.9. The summed E-state index contributed by atoms with van der Waals surface area (Å²) in [5.41, 5.74) is 5.12. The van der Waals surface area contributed by atoms with Gasteiger partial charge in [-0.3, -0.25) is 4.57 Å². The van der Waals surface area contributed by atoms with Gasteiger partial charge >= 0.3 is 5.69 Å². The van der Waals surface area contributed by atoms with Gasteiger partial charge in [-0.15, -0.1) is 11.6 Å². The Labute approximate surface area is 119 Å². The first-order valence-corrected chi connectivity index (χ1v) is 6.58. The highest BCUT2D eigenvalue weighted by Crippen LogP contribution is 2.28. The number of aromatic nitrogens is 2.